The summed E-state index contributed by atoms with van der Waals surface area (Å²) in [6.07, 6.45) is 1.71. The Balaban J connectivity index is 1.54. The van der Waals surface area contributed by atoms with Crippen molar-refractivity contribution >= 4 is 17.7 Å². The van der Waals surface area contributed by atoms with Crippen molar-refractivity contribution in [1.82, 2.24) is 24.9 Å². The van der Waals surface area contributed by atoms with Gasteiger partial charge in [-0.25, -0.2) is 4.68 Å². The summed E-state index contributed by atoms with van der Waals surface area (Å²) in [7, 11) is 0. The minimum atomic E-state index is -0.621. The highest BCUT2D eigenvalue weighted by molar-refractivity contribution is 6.35. The Kier molecular flexibility index (Phi) is 6.30. The van der Waals surface area contributed by atoms with E-state index in [4.69, 9.17) is 4.42 Å². The van der Waals surface area contributed by atoms with E-state index in [-0.39, 0.29) is 25.0 Å². The van der Waals surface area contributed by atoms with Crippen molar-refractivity contribution in [3.8, 4) is 17.1 Å². The summed E-state index contributed by atoms with van der Waals surface area (Å²) in [4.78, 5) is 41.0. The molecule has 0 aliphatic carbocycles. The number of carbonyl (C=O) groups is 3. The third-order valence-electron chi connectivity index (χ3n) is 5.41. The van der Waals surface area contributed by atoms with Crippen molar-refractivity contribution in [2.24, 2.45) is 0 Å². The minimum absolute atomic E-state index is 0.117. The molecule has 9 nitrogen and oxygen atoms in total. The zero-order valence-electron chi connectivity index (χ0n) is 18.9. The Morgan fingerprint density at radius 1 is 0.970 bits per heavy atom. The third kappa shape index (κ3) is 4.82. The molecule has 1 N–H and O–H groups in total. The molecule has 1 aliphatic heterocycles. The highest BCUT2D eigenvalue weighted by atomic mass is 16.3. The molecule has 3 aromatic rings. The number of benzene rings is 1. The number of furan rings is 1. The Bertz CT molecular complexity index is 1160. The van der Waals surface area contributed by atoms with E-state index < -0.39 is 11.8 Å². The van der Waals surface area contributed by atoms with Gasteiger partial charge in [-0.15, -0.1) is 0 Å². The van der Waals surface area contributed by atoms with Crippen molar-refractivity contribution in [1.29, 1.82) is 0 Å². The number of carbonyl (C=O) groups excluding carboxylic acids is 3. The van der Waals surface area contributed by atoms with Crippen LogP contribution in [0.15, 0.2) is 53.1 Å². The van der Waals surface area contributed by atoms with E-state index in [9.17, 15) is 14.4 Å². The van der Waals surface area contributed by atoms with Gasteiger partial charge in [0.25, 0.3) is 5.91 Å². The van der Waals surface area contributed by atoms with Gasteiger partial charge in [0.15, 0.2) is 5.76 Å². The molecule has 0 radical (unpaired) electrons. The first-order valence-electron chi connectivity index (χ1n) is 10.9. The van der Waals surface area contributed by atoms with E-state index in [2.05, 4.69) is 10.4 Å². The fourth-order valence-corrected chi connectivity index (χ4v) is 3.74. The van der Waals surface area contributed by atoms with E-state index in [0.29, 0.717) is 30.1 Å². The van der Waals surface area contributed by atoms with Crippen LogP contribution in [0.4, 0.5) is 0 Å². The predicted octanol–water partition coefficient (Wildman–Crippen LogP) is 2.25. The predicted molar refractivity (Wildman–Crippen MR) is 122 cm³/mol. The van der Waals surface area contributed by atoms with Gasteiger partial charge in [0.2, 0.25) is 0 Å². The summed E-state index contributed by atoms with van der Waals surface area (Å²) < 4.78 is 7.42. The lowest BCUT2D eigenvalue weighted by Crippen LogP contribution is -2.54. The summed E-state index contributed by atoms with van der Waals surface area (Å²) in [5.74, 6) is -0.141. The highest BCUT2D eigenvalue weighted by Gasteiger charge is 2.31. The lowest BCUT2D eigenvalue weighted by molar-refractivity contribution is -0.147. The summed E-state index contributed by atoms with van der Waals surface area (Å²) in [5, 5.41) is 7.25. The number of hydrogen-bond donors (Lipinski definition) is 1. The Hall–Kier alpha value is -3.88. The average Bonchev–Trinajstić information content (AvgIpc) is 3.45. The van der Waals surface area contributed by atoms with Gasteiger partial charge in [-0.2, -0.15) is 5.10 Å². The lowest BCUT2D eigenvalue weighted by atomic mass is 10.1. The van der Waals surface area contributed by atoms with Crippen LogP contribution in [0, 0.1) is 6.92 Å². The van der Waals surface area contributed by atoms with Crippen LogP contribution in [0.25, 0.3) is 17.1 Å². The smallest absolute Gasteiger partial charge is 0.312 e. The third-order valence-corrected chi connectivity index (χ3v) is 5.41. The van der Waals surface area contributed by atoms with E-state index in [1.54, 1.807) is 35.7 Å². The van der Waals surface area contributed by atoms with Gasteiger partial charge in [0.1, 0.15) is 11.5 Å². The van der Waals surface area contributed by atoms with Crippen LogP contribution in [0.2, 0.25) is 0 Å². The van der Waals surface area contributed by atoms with Crippen LogP contribution in [-0.2, 0) is 9.59 Å². The number of amides is 3. The van der Waals surface area contributed by atoms with Gasteiger partial charge >= 0.3 is 11.8 Å². The van der Waals surface area contributed by atoms with Crippen LogP contribution in [0.1, 0.15) is 30.0 Å². The lowest BCUT2D eigenvalue weighted by Gasteiger charge is -2.34. The molecule has 0 unspecified atom stereocenters. The van der Waals surface area contributed by atoms with Crippen LogP contribution < -0.4 is 5.32 Å². The molecule has 4 rings (SSSR count). The van der Waals surface area contributed by atoms with Gasteiger partial charge in [-0.1, -0.05) is 18.2 Å². The summed E-state index contributed by atoms with van der Waals surface area (Å²) in [6.45, 7) is 6.67. The first-order chi connectivity index (χ1) is 15.8. The molecule has 33 heavy (non-hydrogen) atoms. The zero-order chi connectivity index (χ0) is 23.5. The van der Waals surface area contributed by atoms with E-state index >= 15 is 0 Å². The molecule has 9 heteroatoms. The molecule has 1 fully saturated rings. The molecular weight excluding hydrogens is 422 g/mol. The van der Waals surface area contributed by atoms with Gasteiger partial charge < -0.3 is 19.5 Å². The monoisotopic (exact) mass is 449 g/mol. The van der Waals surface area contributed by atoms with Crippen molar-refractivity contribution < 1.29 is 18.8 Å². The molecule has 1 saturated heterocycles. The number of hydrogen-bond acceptors (Lipinski definition) is 5. The second-order valence-electron chi connectivity index (χ2n) is 8.29. The molecule has 3 heterocycles. The maximum absolute atomic E-state index is 13.4. The first kappa shape index (κ1) is 22.3. The Labute approximate surface area is 192 Å². The van der Waals surface area contributed by atoms with E-state index in [0.717, 1.165) is 11.4 Å². The number of aryl methyl sites for hydroxylation is 1. The molecule has 0 atom stereocenters. The molecule has 0 spiro atoms. The zero-order valence-corrected chi connectivity index (χ0v) is 18.9. The Morgan fingerprint density at radius 2 is 1.64 bits per heavy atom. The van der Waals surface area contributed by atoms with Crippen LogP contribution in [-0.4, -0.2) is 69.5 Å². The van der Waals surface area contributed by atoms with Gasteiger partial charge in [0, 0.05) is 38.4 Å². The molecule has 3 amide bonds. The van der Waals surface area contributed by atoms with Crippen LogP contribution >= 0.6 is 0 Å². The minimum Gasteiger partial charge on any atom is -0.460 e. The van der Waals surface area contributed by atoms with Crippen molar-refractivity contribution in [3.05, 3.63) is 60.0 Å². The fourth-order valence-electron chi connectivity index (χ4n) is 3.74. The van der Waals surface area contributed by atoms with Gasteiger partial charge in [-0.3, -0.25) is 14.4 Å². The van der Waals surface area contributed by atoms with Crippen LogP contribution in [0.3, 0.4) is 0 Å². The van der Waals surface area contributed by atoms with Crippen molar-refractivity contribution in [2.75, 3.05) is 26.2 Å². The summed E-state index contributed by atoms with van der Waals surface area (Å²) >= 11 is 0. The second kappa shape index (κ2) is 9.32. The molecular formula is C24H27N5O4. The SMILES string of the molecule is Cc1ccc(-c2nn(-c3ccccc3)cc2C(=O)N2CCN(C(=O)C(=O)NC(C)C)CC2)o1. The number of aromatic nitrogens is 2. The Morgan fingerprint density at radius 3 is 2.24 bits per heavy atom. The normalized spacial score (nSPS) is 13.9. The topological polar surface area (TPSA) is 101 Å². The second-order valence-corrected chi connectivity index (χ2v) is 8.29. The van der Waals surface area contributed by atoms with Gasteiger partial charge in [-0.05, 0) is 45.0 Å². The molecule has 1 aromatic carbocycles. The first-order valence-corrected chi connectivity index (χ1v) is 10.9. The number of piperazine rings is 1. The largest absolute Gasteiger partial charge is 0.460 e. The summed E-state index contributed by atoms with van der Waals surface area (Å²) in [5.41, 5.74) is 1.71. The number of nitrogens with zero attached hydrogens (tertiary/aromatic N) is 4. The standard InChI is InChI=1S/C24H27N5O4/c1-16(2)25-22(30)24(32)28-13-11-27(12-14-28)23(31)19-15-29(18-7-5-4-6-8-18)26-21(19)20-10-9-17(3)33-20/h4-10,15-16H,11-14H2,1-3H3,(H,25,30). The van der Waals surface area contributed by atoms with E-state index in [1.165, 1.54) is 4.90 Å². The maximum atomic E-state index is 13.4. The number of rotatable bonds is 4. The fraction of sp³-hybridized carbons (Fsp3) is 0.333. The molecule has 0 bridgehead atoms. The number of nitrogens with one attached hydrogen (secondary N) is 1. The number of para-hydroxylation sites is 1. The van der Waals surface area contributed by atoms with Gasteiger partial charge in [0.05, 0.1) is 11.3 Å². The van der Waals surface area contributed by atoms with E-state index in [1.807, 2.05) is 43.3 Å². The van der Waals surface area contributed by atoms with Crippen molar-refractivity contribution in [2.45, 2.75) is 26.8 Å². The highest BCUT2D eigenvalue weighted by Crippen LogP contribution is 2.27. The molecule has 2 aromatic heterocycles. The molecule has 0 saturated carbocycles. The quantitative estimate of drug-likeness (QED) is 0.616. The molecule has 1 aliphatic rings. The van der Waals surface area contributed by atoms with Crippen LogP contribution in [0.5, 0.6) is 0 Å². The summed E-state index contributed by atoms with van der Waals surface area (Å²) in [6, 6.07) is 13.1. The van der Waals surface area contributed by atoms with Crippen molar-refractivity contribution in [3.63, 3.8) is 0 Å². The maximum Gasteiger partial charge on any atom is 0.312 e. The molecule has 172 valence electrons. The average molecular weight is 450 g/mol.